The summed E-state index contributed by atoms with van der Waals surface area (Å²) in [6.07, 6.45) is 0. The third kappa shape index (κ3) is 1.93. The first-order valence-corrected chi connectivity index (χ1v) is 6.01. The maximum Gasteiger partial charge on any atom is 0.126 e. The number of hydrogen-bond acceptors (Lipinski definition) is 2. The molecule has 0 aliphatic carbocycles. The van der Waals surface area contributed by atoms with E-state index in [2.05, 4.69) is 58.8 Å². The van der Waals surface area contributed by atoms with Crippen LogP contribution in [0.2, 0.25) is 0 Å². The van der Waals surface area contributed by atoms with E-state index in [-0.39, 0.29) is 0 Å². The average molecular weight is 234 g/mol. The monoisotopic (exact) mass is 234 g/mol. The van der Waals surface area contributed by atoms with E-state index in [1.165, 1.54) is 11.1 Å². The van der Waals surface area contributed by atoms with E-state index < -0.39 is 0 Å². The molecule has 0 saturated heterocycles. The van der Waals surface area contributed by atoms with Gasteiger partial charge >= 0.3 is 0 Å². The van der Waals surface area contributed by atoms with Crippen molar-refractivity contribution in [3.63, 3.8) is 0 Å². The summed E-state index contributed by atoms with van der Waals surface area (Å²) in [5.41, 5.74) is 3.47. The SMILES string of the molecule is CNc1ccc2cc(-c3ccccc3)ccc2n1. The molecule has 0 atom stereocenters. The van der Waals surface area contributed by atoms with Crippen molar-refractivity contribution in [2.24, 2.45) is 0 Å². The summed E-state index contributed by atoms with van der Waals surface area (Å²) in [7, 11) is 1.88. The fraction of sp³-hybridized carbons (Fsp3) is 0.0625. The van der Waals surface area contributed by atoms with Crippen LogP contribution >= 0.6 is 0 Å². The van der Waals surface area contributed by atoms with Gasteiger partial charge in [0, 0.05) is 12.4 Å². The number of pyridine rings is 1. The third-order valence-electron chi connectivity index (χ3n) is 3.05. The smallest absolute Gasteiger partial charge is 0.126 e. The minimum atomic E-state index is 0.898. The molecule has 88 valence electrons. The first-order valence-electron chi connectivity index (χ1n) is 6.01. The Hall–Kier alpha value is -2.35. The Balaban J connectivity index is 2.12. The summed E-state index contributed by atoms with van der Waals surface area (Å²) in [4.78, 5) is 4.52. The lowest BCUT2D eigenvalue weighted by Crippen LogP contribution is -1.91. The lowest BCUT2D eigenvalue weighted by molar-refractivity contribution is 1.34. The number of rotatable bonds is 2. The van der Waals surface area contributed by atoms with Gasteiger partial charge in [0.2, 0.25) is 0 Å². The van der Waals surface area contributed by atoms with Crippen LogP contribution in [0.3, 0.4) is 0 Å². The molecule has 18 heavy (non-hydrogen) atoms. The Morgan fingerprint density at radius 3 is 2.44 bits per heavy atom. The Kier molecular flexibility index (Phi) is 2.69. The molecule has 3 rings (SSSR count). The van der Waals surface area contributed by atoms with E-state index in [1.807, 2.05) is 19.2 Å². The first-order chi connectivity index (χ1) is 8.86. The van der Waals surface area contributed by atoms with E-state index in [9.17, 15) is 0 Å². The minimum Gasteiger partial charge on any atom is -0.373 e. The van der Waals surface area contributed by atoms with Crippen molar-refractivity contribution in [2.45, 2.75) is 0 Å². The number of nitrogens with zero attached hydrogens (tertiary/aromatic N) is 1. The summed E-state index contributed by atoms with van der Waals surface area (Å²) < 4.78 is 0. The van der Waals surface area contributed by atoms with E-state index in [4.69, 9.17) is 0 Å². The van der Waals surface area contributed by atoms with Crippen LogP contribution in [-0.2, 0) is 0 Å². The van der Waals surface area contributed by atoms with Gasteiger partial charge in [0.25, 0.3) is 0 Å². The van der Waals surface area contributed by atoms with Crippen LogP contribution in [0.5, 0.6) is 0 Å². The van der Waals surface area contributed by atoms with Crippen molar-refractivity contribution >= 4 is 16.7 Å². The molecule has 1 aromatic heterocycles. The van der Waals surface area contributed by atoms with Gasteiger partial charge < -0.3 is 5.32 Å². The molecule has 0 spiro atoms. The molecule has 0 aliphatic heterocycles. The number of benzene rings is 2. The molecular weight excluding hydrogens is 220 g/mol. The van der Waals surface area contributed by atoms with Crippen molar-refractivity contribution in [3.8, 4) is 11.1 Å². The number of fused-ring (bicyclic) bond motifs is 1. The molecule has 0 unspecified atom stereocenters. The van der Waals surface area contributed by atoms with Crippen LogP contribution < -0.4 is 5.32 Å². The van der Waals surface area contributed by atoms with Gasteiger partial charge in [0.15, 0.2) is 0 Å². The zero-order valence-electron chi connectivity index (χ0n) is 10.2. The maximum absolute atomic E-state index is 4.52. The predicted molar refractivity (Wildman–Crippen MR) is 76.7 cm³/mol. The number of nitrogens with one attached hydrogen (secondary N) is 1. The van der Waals surface area contributed by atoms with Crippen molar-refractivity contribution in [1.82, 2.24) is 4.98 Å². The summed E-state index contributed by atoms with van der Waals surface area (Å²) in [6, 6.07) is 20.8. The molecular formula is C16H14N2. The highest BCUT2D eigenvalue weighted by molar-refractivity contribution is 5.85. The third-order valence-corrected chi connectivity index (χ3v) is 3.05. The highest BCUT2D eigenvalue weighted by Crippen LogP contribution is 2.24. The van der Waals surface area contributed by atoms with Crippen LogP contribution in [0.1, 0.15) is 0 Å². The van der Waals surface area contributed by atoms with E-state index in [0.29, 0.717) is 0 Å². The zero-order chi connectivity index (χ0) is 12.4. The highest BCUT2D eigenvalue weighted by atomic mass is 15.0. The number of hydrogen-bond donors (Lipinski definition) is 1. The Morgan fingerprint density at radius 2 is 1.67 bits per heavy atom. The second-order valence-corrected chi connectivity index (χ2v) is 4.22. The quantitative estimate of drug-likeness (QED) is 0.726. The molecule has 0 bridgehead atoms. The predicted octanol–water partition coefficient (Wildman–Crippen LogP) is 3.94. The molecule has 1 N–H and O–H groups in total. The molecule has 2 aromatic carbocycles. The van der Waals surface area contributed by atoms with Crippen molar-refractivity contribution < 1.29 is 0 Å². The van der Waals surface area contributed by atoms with Gasteiger partial charge in [0.1, 0.15) is 5.82 Å². The summed E-state index contributed by atoms with van der Waals surface area (Å²) >= 11 is 0. The van der Waals surface area contributed by atoms with Crippen molar-refractivity contribution in [3.05, 3.63) is 60.7 Å². The fourth-order valence-electron chi connectivity index (χ4n) is 2.07. The Bertz CT molecular complexity index is 675. The maximum atomic E-state index is 4.52. The van der Waals surface area contributed by atoms with E-state index in [1.54, 1.807) is 0 Å². The average Bonchev–Trinajstić information content (AvgIpc) is 2.47. The van der Waals surface area contributed by atoms with Crippen LogP contribution in [-0.4, -0.2) is 12.0 Å². The molecule has 0 saturated carbocycles. The lowest BCUT2D eigenvalue weighted by atomic mass is 10.0. The second kappa shape index (κ2) is 4.49. The van der Waals surface area contributed by atoms with E-state index >= 15 is 0 Å². The summed E-state index contributed by atoms with van der Waals surface area (Å²) in [6.45, 7) is 0. The molecule has 0 amide bonds. The fourth-order valence-corrected chi connectivity index (χ4v) is 2.07. The molecule has 0 radical (unpaired) electrons. The number of anilines is 1. The molecule has 1 heterocycles. The molecule has 0 aliphatic rings. The molecule has 3 aromatic rings. The van der Waals surface area contributed by atoms with Crippen LogP contribution in [0.25, 0.3) is 22.0 Å². The Morgan fingerprint density at radius 1 is 0.833 bits per heavy atom. The zero-order valence-corrected chi connectivity index (χ0v) is 10.2. The van der Waals surface area contributed by atoms with Crippen molar-refractivity contribution in [1.29, 1.82) is 0 Å². The second-order valence-electron chi connectivity index (χ2n) is 4.22. The van der Waals surface area contributed by atoms with Crippen LogP contribution in [0, 0.1) is 0 Å². The lowest BCUT2D eigenvalue weighted by Gasteiger charge is -2.05. The van der Waals surface area contributed by atoms with Gasteiger partial charge in [-0.25, -0.2) is 4.98 Å². The largest absolute Gasteiger partial charge is 0.373 e. The van der Waals surface area contributed by atoms with Gasteiger partial charge in [-0.1, -0.05) is 36.4 Å². The Labute approximate surface area is 106 Å². The first kappa shape index (κ1) is 10.8. The van der Waals surface area contributed by atoms with Gasteiger partial charge in [-0.2, -0.15) is 0 Å². The normalized spacial score (nSPS) is 10.5. The van der Waals surface area contributed by atoms with Gasteiger partial charge in [-0.3, -0.25) is 0 Å². The topological polar surface area (TPSA) is 24.9 Å². The summed E-state index contributed by atoms with van der Waals surface area (Å²) in [5.74, 6) is 0.898. The van der Waals surface area contributed by atoms with Gasteiger partial charge in [-0.05, 0) is 35.4 Å². The highest BCUT2D eigenvalue weighted by Gasteiger charge is 2.00. The number of aromatic nitrogens is 1. The van der Waals surface area contributed by atoms with Crippen LogP contribution in [0.15, 0.2) is 60.7 Å². The molecule has 0 fully saturated rings. The molecule has 2 heteroatoms. The van der Waals surface area contributed by atoms with E-state index in [0.717, 1.165) is 16.7 Å². The summed E-state index contributed by atoms with van der Waals surface area (Å²) in [5, 5.41) is 4.22. The minimum absolute atomic E-state index is 0.898. The van der Waals surface area contributed by atoms with Gasteiger partial charge in [0.05, 0.1) is 5.52 Å². The molecule has 2 nitrogen and oxygen atoms in total. The van der Waals surface area contributed by atoms with Gasteiger partial charge in [-0.15, -0.1) is 0 Å². The van der Waals surface area contributed by atoms with Crippen LogP contribution in [0.4, 0.5) is 5.82 Å². The standard InChI is InChI=1S/C16H14N2/c1-17-16-10-8-14-11-13(7-9-15(14)18-16)12-5-3-2-4-6-12/h2-11H,1H3,(H,17,18). The van der Waals surface area contributed by atoms with Crippen molar-refractivity contribution in [2.75, 3.05) is 12.4 Å².